The van der Waals surface area contributed by atoms with Gasteiger partial charge in [-0.2, -0.15) is 0 Å². The van der Waals surface area contributed by atoms with E-state index in [0.717, 1.165) is 23.7 Å². The molecule has 0 amide bonds. The van der Waals surface area contributed by atoms with Gasteiger partial charge in [0.2, 0.25) is 0 Å². The molecule has 0 aromatic heterocycles. The Hall–Kier alpha value is -0.800. The monoisotopic (exact) mass is 324 g/mol. The second-order valence-corrected chi connectivity index (χ2v) is 7.56. The number of rotatable bonds is 6. The smallest absolute Gasteiger partial charge is 0.104 e. The summed E-state index contributed by atoms with van der Waals surface area (Å²) in [6, 6.07) is 5.76. The minimum atomic E-state index is 0.385. The predicted octanol–water partition coefficient (Wildman–Crippen LogP) is 4.99. The van der Waals surface area contributed by atoms with Crippen molar-refractivity contribution in [1.29, 1.82) is 0 Å². The van der Waals surface area contributed by atoms with Gasteiger partial charge in [-0.15, -0.1) is 0 Å². The average Bonchev–Trinajstić information content (AvgIpc) is 2.85. The molecule has 1 aliphatic carbocycles. The van der Waals surface area contributed by atoms with Crippen LogP contribution in [0.4, 0.5) is 5.69 Å². The van der Waals surface area contributed by atoms with Crippen molar-refractivity contribution in [3.8, 4) is 0 Å². The number of anilines is 1. The van der Waals surface area contributed by atoms with E-state index in [4.69, 9.17) is 29.6 Å². The lowest BCUT2D eigenvalue weighted by atomic mass is 9.78. The Balaban J connectivity index is 2.06. The van der Waals surface area contributed by atoms with Crippen LogP contribution < -0.4 is 11.1 Å². The highest BCUT2D eigenvalue weighted by Gasteiger charge is 2.34. The van der Waals surface area contributed by atoms with Crippen LogP contribution in [0.5, 0.6) is 0 Å². The van der Waals surface area contributed by atoms with E-state index in [9.17, 15) is 0 Å². The summed E-state index contributed by atoms with van der Waals surface area (Å²) in [4.78, 5) is 0.385. The molecule has 0 heterocycles. The van der Waals surface area contributed by atoms with Crippen molar-refractivity contribution < 1.29 is 0 Å². The third-order valence-corrected chi connectivity index (χ3v) is 4.96. The van der Waals surface area contributed by atoms with Gasteiger partial charge in [-0.25, -0.2) is 0 Å². The molecule has 1 fully saturated rings. The van der Waals surface area contributed by atoms with E-state index in [-0.39, 0.29) is 0 Å². The standard InChI is InChI=1S/C17H25ClN2S/c1-12(2)10-17(7-3-4-8-17)11-20-15-6-5-13(16(19)21)9-14(15)18/h5-6,9,12,20H,3-4,7-8,10-11H2,1-2H3,(H2,19,21). The van der Waals surface area contributed by atoms with Crippen LogP contribution in [-0.2, 0) is 0 Å². The molecule has 1 aliphatic rings. The molecule has 1 saturated carbocycles. The normalized spacial score (nSPS) is 17.1. The molecule has 0 radical (unpaired) electrons. The Morgan fingerprint density at radius 2 is 2.05 bits per heavy atom. The number of halogens is 1. The lowest BCUT2D eigenvalue weighted by Gasteiger charge is -2.31. The van der Waals surface area contributed by atoms with Gasteiger partial charge in [0.1, 0.15) is 4.99 Å². The second-order valence-electron chi connectivity index (χ2n) is 6.72. The molecule has 116 valence electrons. The predicted molar refractivity (Wildman–Crippen MR) is 96.2 cm³/mol. The minimum absolute atomic E-state index is 0.385. The summed E-state index contributed by atoms with van der Waals surface area (Å²) in [5.74, 6) is 0.734. The first-order chi connectivity index (χ1) is 9.92. The highest BCUT2D eigenvalue weighted by atomic mass is 35.5. The minimum Gasteiger partial charge on any atom is -0.389 e. The van der Waals surface area contributed by atoms with E-state index in [0.29, 0.717) is 15.4 Å². The van der Waals surface area contributed by atoms with Gasteiger partial charge in [0.05, 0.1) is 10.7 Å². The molecule has 0 unspecified atom stereocenters. The molecule has 0 atom stereocenters. The quantitative estimate of drug-likeness (QED) is 0.724. The van der Waals surface area contributed by atoms with Crippen LogP contribution in [0.1, 0.15) is 51.5 Å². The van der Waals surface area contributed by atoms with Gasteiger partial charge in [0, 0.05) is 12.1 Å². The number of nitrogens with one attached hydrogen (secondary N) is 1. The maximum absolute atomic E-state index is 6.33. The zero-order chi connectivity index (χ0) is 15.5. The van der Waals surface area contributed by atoms with Crippen molar-refractivity contribution in [2.24, 2.45) is 17.1 Å². The van der Waals surface area contributed by atoms with Gasteiger partial charge >= 0.3 is 0 Å². The van der Waals surface area contributed by atoms with Crippen molar-refractivity contribution >= 4 is 34.5 Å². The molecule has 0 bridgehead atoms. The summed E-state index contributed by atoms with van der Waals surface area (Å²) in [6.45, 7) is 5.62. The van der Waals surface area contributed by atoms with E-state index >= 15 is 0 Å². The Morgan fingerprint density at radius 1 is 1.38 bits per heavy atom. The van der Waals surface area contributed by atoms with Crippen molar-refractivity contribution in [1.82, 2.24) is 0 Å². The molecule has 2 rings (SSSR count). The van der Waals surface area contributed by atoms with Gasteiger partial charge in [0.25, 0.3) is 0 Å². The molecule has 4 heteroatoms. The molecule has 2 nitrogen and oxygen atoms in total. The van der Waals surface area contributed by atoms with Gasteiger partial charge in [-0.1, -0.05) is 50.5 Å². The van der Waals surface area contributed by atoms with Crippen molar-refractivity contribution in [3.63, 3.8) is 0 Å². The lowest BCUT2D eigenvalue weighted by Crippen LogP contribution is -2.28. The van der Waals surface area contributed by atoms with E-state index < -0.39 is 0 Å². The van der Waals surface area contributed by atoms with Gasteiger partial charge in [-0.05, 0) is 48.8 Å². The third-order valence-electron chi connectivity index (χ3n) is 4.41. The summed E-state index contributed by atoms with van der Waals surface area (Å²) in [5, 5.41) is 4.24. The van der Waals surface area contributed by atoms with Crippen LogP contribution in [0.25, 0.3) is 0 Å². The molecule has 1 aromatic carbocycles. The molecule has 3 N–H and O–H groups in total. The fourth-order valence-corrected chi connectivity index (χ4v) is 3.91. The van der Waals surface area contributed by atoms with Gasteiger partial charge in [0.15, 0.2) is 0 Å². The first kappa shape index (κ1) is 16.6. The summed E-state index contributed by atoms with van der Waals surface area (Å²) in [6.07, 6.45) is 6.62. The second kappa shape index (κ2) is 6.97. The van der Waals surface area contributed by atoms with Crippen LogP contribution in [0, 0.1) is 11.3 Å². The Morgan fingerprint density at radius 3 is 2.57 bits per heavy atom. The van der Waals surface area contributed by atoms with Crippen LogP contribution >= 0.6 is 23.8 Å². The van der Waals surface area contributed by atoms with Crippen LogP contribution in [-0.4, -0.2) is 11.5 Å². The zero-order valence-corrected chi connectivity index (χ0v) is 14.5. The topological polar surface area (TPSA) is 38.0 Å². The maximum Gasteiger partial charge on any atom is 0.104 e. The Labute approximate surface area is 138 Å². The fraction of sp³-hybridized carbons (Fsp3) is 0.588. The number of hydrogen-bond acceptors (Lipinski definition) is 2. The summed E-state index contributed by atoms with van der Waals surface area (Å²) >= 11 is 11.3. The van der Waals surface area contributed by atoms with Crippen LogP contribution in [0.2, 0.25) is 5.02 Å². The van der Waals surface area contributed by atoms with Crippen LogP contribution in [0.3, 0.4) is 0 Å². The summed E-state index contributed by atoms with van der Waals surface area (Å²) in [5.41, 5.74) is 7.86. The zero-order valence-electron chi connectivity index (χ0n) is 12.9. The van der Waals surface area contributed by atoms with E-state index in [2.05, 4.69) is 19.2 Å². The molecule has 1 aromatic rings. The van der Waals surface area contributed by atoms with E-state index in [1.54, 1.807) is 0 Å². The molecular formula is C17H25ClN2S. The largest absolute Gasteiger partial charge is 0.389 e. The summed E-state index contributed by atoms with van der Waals surface area (Å²) in [7, 11) is 0. The van der Waals surface area contributed by atoms with E-state index in [1.807, 2.05) is 18.2 Å². The van der Waals surface area contributed by atoms with E-state index in [1.165, 1.54) is 32.1 Å². The summed E-state index contributed by atoms with van der Waals surface area (Å²) < 4.78 is 0. The first-order valence-electron chi connectivity index (χ1n) is 7.75. The van der Waals surface area contributed by atoms with Crippen molar-refractivity contribution in [3.05, 3.63) is 28.8 Å². The first-order valence-corrected chi connectivity index (χ1v) is 8.54. The Kier molecular flexibility index (Phi) is 5.50. The molecule has 21 heavy (non-hydrogen) atoms. The van der Waals surface area contributed by atoms with Gasteiger partial charge < -0.3 is 11.1 Å². The molecular weight excluding hydrogens is 300 g/mol. The Bertz CT molecular complexity index is 508. The number of thiocarbonyl (C=S) groups is 1. The number of hydrogen-bond donors (Lipinski definition) is 2. The lowest BCUT2D eigenvalue weighted by molar-refractivity contribution is 0.252. The number of benzene rings is 1. The molecule has 0 saturated heterocycles. The maximum atomic E-state index is 6.33. The average molecular weight is 325 g/mol. The highest BCUT2D eigenvalue weighted by molar-refractivity contribution is 7.80. The van der Waals surface area contributed by atoms with Crippen molar-refractivity contribution in [2.45, 2.75) is 46.0 Å². The SMILES string of the molecule is CC(C)CC1(CNc2ccc(C(N)=S)cc2Cl)CCCC1. The molecule has 0 aliphatic heterocycles. The third kappa shape index (κ3) is 4.33. The number of nitrogens with two attached hydrogens (primary N) is 1. The fourth-order valence-electron chi connectivity index (χ4n) is 3.54. The van der Waals surface area contributed by atoms with Crippen LogP contribution in [0.15, 0.2) is 18.2 Å². The highest BCUT2D eigenvalue weighted by Crippen LogP contribution is 2.43. The van der Waals surface area contributed by atoms with Crippen molar-refractivity contribution in [2.75, 3.05) is 11.9 Å². The molecule has 0 spiro atoms. The van der Waals surface area contributed by atoms with Gasteiger partial charge in [-0.3, -0.25) is 0 Å².